The fraction of sp³-hybridized carbons (Fsp3) is 0.462. The van der Waals surface area contributed by atoms with Crippen molar-refractivity contribution in [1.29, 1.82) is 0 Å². The van der Waals surface area contributed by atoms with Crippen LogP contribution in [0.5, 0.6) is 0 Å². The molecule has 2 nitrogen and oxygen atoms in total. The molecule has 0 aromatic heterocycles. The van der Waals surface area contributed by atoms with Crippen molar-refractivity contribution >= 4 is 6.29 Å². The van der Waals surface area contributed by atoms with E-state index < -0.39 is 11.8 Å². The lowest BCUT2D eigenvalue weighted by molar-refractivity contribution is -0.112. The van der Waals surface area contributed by atoms with E-state index in [1.807, 2.05) is 30.3 Å². The van der Waals surface area contributed by atoms with E-state index in [1.54, 1.807) is 14.0 Å². The van der Waals surface area contributed by atoms with Crippen LogP contribution in [0.2, 0.25) is 0 Å². The number of likely N-dealkylation sites (N-methyl/N-ethyl adjacent to an activating group) is 1. The maximum atomic E-state index is 12.2. The third kappa shape index (κ3) is 3.89. The van der Waals surface area contributed by atoms with Gasteiger partial charge in [0.2, 0.25) is 0 Å². The SMILES string of the molecule is CN(CC(F)F)CC(C)(C=O)c1ccccc1. The summed E-state index contributed by atoms with van der Waals surface area (Å²) in [5.74, 6) is 0. The first-order valence-electron chi connectivity index (χ1n) is 5.46. The van der Waals surface area contributed by atoms with Crippen molar-refractivity contribution in [3.63, 3.8) is 0 Å². The molecule has 1 rings (SSSR count). The molecule has 1 atom stereocenters. The number of rotatable bonds is 6. The molecule has 1 aromatic rings. The van der Waals surface area contributed by atoms with Gasteiger partial charge in [-0.2, -0.15) is 0 Å². The van der Waals surface area contributed by atoms with Gasteiger partial charge in [0.15, 0.2) is 0 Å². The molecule has 0 aliphatic heterocycles. The minimum absolute atomic E-state index is 0.283. The number of aldehydes is 1. The number of hydrogen-bond donors (Lipinski definition) is 0. The molecule has 94 valence electrons. The number of hydrogen-bond acceptors (Lipinski definition) is 2. The van der Waals surface area contributed by atoms with Crippen LogP contribution < -0.4 is 0 Å². The van der Waals surface area contributed by atoms with Crippen LogP contribution in [0.15, 0.2) is 30.3 Å². The van der Waals surface area contributed by atoms with Crippen molar-refractivity contribution in [1.82, 2.24) is 4.90 Å². The van der Waals surface area contributed by atoms with Gasteiger partial charge < -0.3 is 4.79 Å². The first-order valence-corrected chi connectivity index (χ1v) is 5.46. The van der Waals surface area contributed by atoms with Gasteiger partial charge in [0.05, 0.1) is 12.0 Å². The highest BCUT2D eigenvalue weighted by Gasteiger charge is 2.28. The van der Waals surface area contributed by atoms with Gasteiger partial charge in [-0.15, -0.1) is 0 Å². The fourth-order valence-electron chi connectivity index (χ4n) is 1.88. The zero-order valence-corrected chi connectivity index (χ0v) is 10.1. The van der Waals surface area contributed by atoms with Crippen LogP contribution in [-0.4, -0.2) is 37.7 Å². The quantitative estimate of drug-likeness (QED) is 0.712. The number of nitrogens with zero attached hydrogens (tertiary/aromatic N) is 1. The summed E-state index contributed by atoms with van der Waals surface area (Å²) in [6.07, 6.45) is -1.56. The van der Waals surface area contributed by atoms with Gasteiger partial charge >= 0.3 is 0 Å². The van der Waals surface area contributed by atoms with E-state index in [-0.39, 0.29) is 13.1 Å². The summed E-state index contributed by atoms with van der Waals surface area (Å²) in [7, 11) is 1.59. The molecule has 0 fully saturated rings. The summed E-state index contributed by atoms with van der Waals surface area (Å²) in [6, 6.07) is 9.21. The molecule has 0 amide bonds. The molecular weight excluding hydrogens is 224 g/mol. The smallest absolute Gasteiger partial charge is 0.251 e. The van der Waals surface area contributed by atoms with Crippen molar-refractivity contribution in [2.24, 2.45) is 0 Å². The van der Waals surface area contributed by atoms with E-state index in [4.69, 9.17) is 0 Å². The number of benzene rings is 1. The third-order valence-corrected chi connectivity index (χ3v) is 2.74. The van der Waals surface area contributed by atoms with Gasteiger partial charge in [0.25, 0.3) is 6.43 Å². The molecule has 1 unspecified atom stereocenters. The van der Waals surface area contributed by atoms with E-state index in [2.05, 4.69) is 0 Å². The normalized spacial score (nSPS) is 14.9. The van der Waals surface area contributed by atoms with Gasteiger partial charge in [0.1, 0.15) is 6.29 Å². The average molecular weight is 241 g/mol. The van der Waals surface area contributed by atoms with Gasteiger partial charge in [-0.25, -0.2) is 8.78 Å². The molecule has 0 bridgehead atoms. The fourth-order valence-corrected chi connectivity index (χ4v) is 1.88. The molecule has 0 aliphatic carbocycles. The number of alkyl halides is 2. The first kappa shape index (κ1) is 13.8. The second kappa shape index (κ2) is 5.87. The molecule has 0 radical (unpaired) electrons. The van der Waals surface area contributed by atoms with Crippen LogP contribution in [-0.2, 0) is 10.2 Å². The third-order valence-electron chi connectivity index (χ3n) is 2.74. The highest BCUT2D eigenvalue weighted by Crippen LogP contribution is 2.22. The predicted octanol–water partition coefficient (Wildman–Crippen LogP) is 2.34. The summed E-state index contributed by atoms with van der Waals surface area (Å²) in [6.45, 7) is 1.72. The standard InChI is InChI=1S/C13H17F2NO/c1-13(10-17,9-16(2)8-12(14)15)11-6-4-3-5-7-11/h3-7,10,12H,8-9H2,1-2H3. The number of carbonyl (C=O) groups is 1. The number of halogens is 2. The second-order valence-electron chi connectivity index (χ2n) is 4.49. The van der Waals surface area contributed by atoms with Gasteiger partial charge in [0, 0.05) is 6.54 Å². The Labute approximate surface area is 100 Å². The lowest BCUT2D eigenvalue weighted by atomic mass is 9.83. The Morgan fingerprint density at radius 3 is 2.41 bits per heavy atom. The molecule has 0 saturated heterocycles. The molecule has 17 heavy (non-hydrogen) atoms. The Balaban J connectivity index is 2.79. The van der Waals surface area contributed by atoms with Gasteiger partial charge in [-0.05, 0) is 19.5 Å². The number of carbonyl (C=O) groups excluding carboxylic acids is 1. The zero-order chi connectivity index (χ0) is 12.9. The van der Waals surface area contributed by atoms with E-state index in [0.717, 1.165) is 11.8 Å². The largest absolute Gasteiger partial charge is 0.302 e. The molecule has 1 aromatic carbocycles. The first-order chi connectivity index (χ1) is 7.98. The monoisotopic (exact) mass is 241 g/mol. The molecule has 4 heteroatoms. The zero-order valence-electron chi connectivity index (χ0n) is 10.1. The maximum absolute atomic E-state index is 12.2. The Bertz CT molecular complexity index is 356. The van der Waals surface area contributed by atoms with Gasteiger partial charge in [-0.3, -0.25) is 4.90 Å². The van der Waals surface area contributed by atoms with E-state index in [0.29, 0.717) is 0 Å². The van der Waals surface area contributed by atoms with Crippen molar-refractivity contribution < 1.29 is 13.6 Å². The van der Waals surface area contributed by atoms with Crippen LogP contribution in [0.4, 0.5) is 8.78 Å². The highest BCUT2D eigenvalue weighted by atomic mass is 19.3. The van der Waals surface area contributed by atoms with Crippen LogP contribution in [0, 0.1) is 0 Å². The summed E-state index contributed by atoms with van der Waals surface area (Å²) in [5, 5.41) is 0. The van der Waals surface area contributed by atoms with Crippen LogP contribution in [0.25, 0.3) is 0 Å². The second-order valence-corrected chi connectivity index (χ2v) is 4.49. The lowest BCUT2D eigenvalue weighted by Gasteiger charge is -2.29. The van der Waals surface area contributed by atoms with E-state index in [9.17, 15) is 13.6 Å². The van der Waals surface area contributed by atoms with E-state index >= 15 is 0 Å². The summed E-state index contributed by atoms with van der Waals surface area (Å²) in [5.41, 5.74) is 0.0985. The Kier molecular flexibility index (Phi) is 4.75. The summed E-state index contributed by atoms with van der Waals surface area (Å²) >= 11 is 0. The Hall–Kier alpha value is -1.29. The molecular formula is C13H17F2NO. The van der Waals surface area contributed by atoms with Crippen LogP contribution >= 0.6 is 0 Å². The predicted molar refractivity (Wildman–Crippen MR) is 63.4 cm³/mol. The minimum atomic E-state index is -2.38. The topological polar surface area (TPSA) is 20.3 Å². The van der Waals surface area contributed by atoms with Crippen molar-refractivity contribution in [2.75, 3.05) is 20.1 Å². The summed E-state index contributed by atoms with van der Waals surface area (Å²) < 4.78 is 24.5. The van der Waals surface area contributed by atoms with Crippen molar-refractivity contribution in [2.45, 2.75) is 18.8 Å². The highest BCUT2D eigenvalue weighted by molar-refractivity contribution is 5.68. The molecule has 0 spiro atoms. The van der Waals surface area contributed by atoms with E-state index in [1.165, 1.54) is 4.90 Å². The minimum Gasteiger partial charge on any atom is -0.302 e. The Morgan fingerprint density at radius 1 is 1.35 bits per heavy atom. The lowest BCUT2D eigenvalue weighted by Crippen LogP contribution is -2.40. The average Bonchev–Trinajstić information content (AvgIpc) is 2.29. The van der Waals surface area contributed by atoms with Crippen LogP contribution in [0.1, 0.15) is 12.5 Å². The van der Waals surface area contributed by atoms with Crippen molar-refractivity contribution in [3.05, 3.63) is 35.9 Å². The Morgan fingerprint density at radius 2 is 1.94 bits per heavy atom. The molecule has 0 saturated carbocycles. The van der Waals surface area contributed by atoms with Crippen LogP contribution in [0.3, 0.4) is 0 Å². The molecule has 0 N–H and O–H groups in total. The van der Waals surface area contributed by atoms with Gasteiger partial charge in [-0.1, -0.05) is 30.3 Å². The maximum Gasteiger partial charge on any atom is 0.251 e. The summed E-state index contributed by atoms with van der Waals surface area (Å²) in [4.78, 5) is 12.7. The van der Waals surface area contributed by atoms with Crippen molar-refractivity contribution in [3.8, 4) is 0 Å². The molecule has 0 heterocycles. The molecule has 0 aliphatic rings.